The molecule has 0 aliphatic carbocycles. The Morgan fingerprint density at radius 1 is 1.48 bits per heavy atom. The topological polar surface area (TPSA) is 50.8 Å². The number of benzene rings is 1. The van der Waals surface area contributed by atoms with Crippen LogP contribution in [0.25, 0.3) is 5.57 Å². The fourth-order valence-corrected chi connectivity index (χ4v) is 2.92. The number of anilines is 1. The summed E-state index contributed by atoms with van der Waals surface area (Å²) >= 11 is 0. The molecule has 0 bridgehead atoms. The molecule has 2 aliphatic rings. The van der Waals surface area contributed by atoms with Crippen LogP contribution in [0.3, 0.4) is 0 Å². The van der Waals surface area contributed by atoms with Gasteiger partial charge >= 0.3 is 6.09 Å². The third kappa shape index (κ3) is 2.55. The van der Waals surface area contributed by atoms with Gasteiger partial charge in [0.05, 0.1) is 13.7 Å². The van der Waals surface area contributed by atoms with E-state index >= 15 is 0 Å². The predicted octanol–water partition coefficient (Wildman–Crippen LogP) is 2.94. The lowest BCUT2D eigenvalue weighted by Gasteiger charge is -2.35. The van der Waals surface area contributed by atoms with Gasteiger partial charge in [0.15, 0.2) is 0 Å². The molecule has 5 nitrogen and oxygen atoms in total. The summed E-state index contributed by atoms with van der Waals surface area (Å²) in [7, 11) is 1.66. The van der Waals surface area contributed by atoms with Crippen molar-refractivity contribution in [1.82, 2.24) is 4.90 Å². The number of carbonyl (C=O) groups is 1. The summed E-state index contributed by atoms with van der Waals surface area (Å²) in [5.74, 6) is 1.25. The first-order valence-electron chi connectivity index (χ1n) is 7.30. The van der Waals surface area contributed by atoms with Crippen LogP contribution in [0, 0.1) is 5.92 Å². The maximum Gasteiger partial charge on any atom is 0.413 e. The molecule has 2 aliphatic heterocycles. The molecule has 5 heteroatoms. The van der Waals surface area contributed by atoms with Crippen molar-refractivity contribution >= 4 is 17.4 Å². The van der Waals surface area contributed by atoms with Crippen LogP contribution in [0.1, 0.15) is 18.9 Å². The minimum absolute atomic E-state index is 0.272. The second kappa shape index (κ2) is 5.68. The molecule has 1 aromatic rings. The van der Waals surface area contributed by atoms with E-state index < -0.39 is 0 Å². The predicted molar refractivity (Wildman–Crippen MR) is 81.3 cm³/mol. The third-order valence-electron chi connectivity index (χ3n) is 4.03. The quantitative estimate of drug-likeness (QED) is 0.909. The lowest BCUT2D eigenvalue weighted by molar-refractivity contribution is 0.119. The van der Waals surface area contributed by atoms with E-state index in [1.165, 1.54) is 5.57 Å². The Balaban J connectivity index is 1.96. The molecule has 0 saturated heterocycles. The van der Waals surface area contributed by atoms with Crippen LogP contribution < -0.4 is 10.1 Å². The van der Waals surface area contributed by atoms with Gasteiger partial charge in [-0.05, 0) is 37.1 Å². The van der Waals surface area contributed by atoms with Crippen molar-refractivity contribution in [2.24, 2.45) is 5.92 Å². The molecule has 0 aromatic heterocycles. The zero-order chi connectivity index (χ0) is 14.8. The van der Waals surface area contributed by atoms with E-state index in [-0.39, 0.29) is 6.09 Å². The molecule has 0 spiro atoms. The second-order valence-electron chi connectivity index (χ2n) is 5.25. The minimum atomic E-state index is -0.272. The van der Waals surface area contributed by atoms with Gasteiger partial charge in [-0.1, -0.05) is 0 Å². The van der Waals surface area contributed by atoms with Crippen LogP contribution in [0.2, 0.25) is 0 Å². The van der Waals surface area contributed by atoms with Gasteiger partial charge in [-0.2, -0.15) is 0 Å². The highest BCUT2D eigenvalue weighted by molar-refractivity contribution is 5.83. The first kappa shape index (κ1) is 13.8. The molecular weight excluding hydrogens is 268 g/mol. The van der Waals surface area contributed by atoms with Crippen LogP contribution in [-0.2, 0) is 4.74 Å². The van der Waals surface area contributed by atoms with Gasteiger partial charge in [0.2, 0.25) is 0 Å². The summed E-state index contributed by atoms with van der Waals surface area (Å²) in [5, 5.41) is 3.45. The summed E-state index contributed by atoms with van der Waals surface area (Å²) in [6, 6.07) is 5.99. The van der Waals surface area contributed by atoms with Crippen molar-refractivity contribution in [2.75, 3.05) is 32.1 Å². The molecule has 0 fully saturated rings. The number of nitrogens with one attached hydrogen (secondary N) is 1. The highest BCUT2D eigenvalue weighted by Crippen LogP contribution is 2.40. The van der Waals surface area contributed by atoms with Crippen molar-refractivity contribution in [2.45, 2.75) is 13.3 Å². The Labute approximate surface area is 124 Å². The normalized spacial score (nSPS) is 19.8. The van der Waals surface area contributed by atoms with E-state index in [4.69, 9.17) is 9.47 Å². The summed E-state index contributed by atoms with van der Waals surface area (Å²) in [5.41, 5.74) is 3.38. The molecule has 2 heterocycles. The first-order chi connectivity index (χ1) is 10.2. The van der Waals surface area contributed by atoms with Crippen LogP contribution in [-0.4, -0.2) is 37.8 Å². The Hall–Kier alpha value is -2.17. The molecule has 1 aromatic carbocycles. The van der Waals surface area contributed by atoms with Crippen LogP contribution >= 0.6 is 0 Å². The van der Waals surface area contributed by atoms with Gasteiger partial charge < -0.3 is 14.8 Å². The van der Waals surface area contributed by atoms with Gasteiger partial charge in [-0.25, -0.2) is 4.79 Å². The zero-order valence-electron chi connectivity index (χ0n) is 12.4. The fourth-order valence-electron chi connectivity index (χ4n) is 2.92. The maximum atomic E-state index is 11.9. The number of hydrogen-bond donors (Lipinski definition) is 1. The minimum Gasteiger partial charge on any atom is -0.497 e. The SMILES string of the molecule is CCOC(=O)N1C=C2c3cc(OC)ccc3NCC2CC1. The smallest absolute Gasteiger partial charge is 0.413 e. The highest BCUT2D eigenvalue weighted by Gasteiger charge is 2.30. The number of rotatable bonds is 2. The van der Waals surface area contributed by atoms with Crippen molar-refractivity contribution in [3.63, 3.8) is 0 Å². The maximum absolute atomic E-state index is 11.9. The largest absolute Gasteiger partial charge is 0.497 e. The molecule has 3 rings (SSSR count). The summed E-state index contributed by atoms with van der Waals surface area (Å²) in [6.07, 6.45) is 2.60. The van der Waals surface area contributed by atoms with E-state index in [2.05, 4.69) is 5.32 Å². The monoisotopic (exact) mass is 288 g/mol. The molecule has 112 valence electrons. The lowest BCUT2D eigenvalue weighted by atomic mass is 9.84. The Morgan fingerprint density at radius 3 is 3.10 bits per heavy atom. The van der Waals surface area contributed by atoms with E-state index in [0.29, 0.717) is 19.1 Å². The summed E-state index contributed by atoms with van der Waals surface area (Å²) in [6.45, 7) is 3.83. The Bertz CT molecular complexity index is 583. The number of ether oxygens (including phenoxy) is 2. The van der Waals surface area contributed by atoms with Gasteiger partial charge in [-0.3, -0.25) is 4.90 Å². The van der Waals surface area contributed by atoms with Crippen LogP contribution in [0.5, 0.6) is 5.75 Å². The number of nitrogens with zero attached hydrogens (tertiary/aromatic N) is 1. The van der Waals surface area contributed by atoms with Gasteiger partial charge in [0, 0.05) is 36.5 Å². The molecule has 1 unspecified atom stereocenters. The van der Waals surface area contributed by atoms with Crippen molar-refractivity contribution in [3.05, 3.63) is 30.0 Å². The average molecular weight is 288 g/mol. The molecular formula is C16H20N2O3. The summed E-state index contributed by atoms with van der Waals surface area (Å²) in [4.78, 5) is 13.6. The second-order valence-corrected chi connectivity index (χ2v) is 5.25. The van der Waals surface area contributed by atoms with Gasteiger partial charge in [0.1, 0.15) is 5.75 Å². The van der Waals surface area contributed by atoms with Crippen LogP contribution in [0.15, 0.2) is 24.4 Å². The first-order valence-corrected chi connectivity index (χ1v) is 7.30. The van der Waals surface area contributed by atoms with Crippen LogP contribution in [0.4, 0.5) is 10.5 Å². The third-order valence-corrected chi connectivity index (χ3v) is 4.03. The Kier molecular flexibility index (Phi) is 3.73. The number of hydrogen-bond acceptors (Lipinski definition) is 4. The lowest BCUT2D eigenvalue weighted by Crippen LogP contribution is -2.36. The molecule has 0 radical (unpaired) electrons. The number of fused-ring (bicyclic) bond motifs is 3. The van der Waals surface area contributed by atoms with E-state index in [0.717, 1.165) is 30.0 Å². The molecule has 1 N–H and O–H groups in total. The summed E-state index contributed by atoms with van der Waals surface area (Å²) < 4.78 is 10.4. The fraction of sp³-hybridized carbons (Fsp3) is 0.438. The van der Waals surface area contributed by atoms with Crippen molar-refractivity contribution < 1.29 is 14.3 Å². The number of carbonyl (C=O) groups excluding carboxylic acids is 1. The van der Waals surface area contributed by atoms with E-state index in [9.17, 15) is 4.79 Å². The van der Waals surface area contributed by atoms with E-state index in [1.807, 2.05) is 31.3 Å². The van der Waals surface area contributed by atoms with Crippen molar-refractivity contribution in [3.8, 4) is 5.75 Å². The Morgan fingerprint density at radius 2 is 2.33 bits per heavy atom. The highest BCUT2D eigenvalue weighted by atomic mass is 16.6. The number of amides is 1. The average Bonchev–Trinajstić information content (AvgIpc) is 2.53. The molecule has 21 heavy (non-hydrogen) atoms. The standard InChI is InChI=1S/C16H20N2O3/c1-3-21-16(19)18-7-6-11-9-17-15-5-4-12(20-2)8-13(15)14(11)10-18/h4-5,8,10-11,17H,3,6-7,9H2,1-2H3. The molecule has 0 saturated carbocycles. The molecule has 1 amide bonds. The van der Waals surface area contributed by atoms with Gasteiger partial charge in [0.25, 0.3) is 0 Å². The zero-order valence-corrected chi connectivity index (χ0v) is 12.4. The molecule has 1 atom stereocenters. The van der Waals surface area contributed by atoms with E-state index in [1.54, 1.807) is 12.0 Å². The van der Waals surface area contributed by atoms with Gasteiger partial charge in [-0.15, -0.1) is 0 Å². The van der Waals surface area contributed by atoms with Crippen molar-refractivity contribution in [1.29, 1.82) is 0 Å². The number of methoxy groups -OCH3 is 1.